The van der Waals surface area contributed by atoms with Crippen molar-refractivity contribution in [2.75, 3.05) is 5.73 Å². The Kier molecular flexibility index (Phi) is 4.05. The first-order chi connectivity index (χ1) is 9.08. The molecule has 2 nitrogen and oxygen atoms in total. The van der Waals surface area contributed by atoms with Crippen molar-refractivity contribution >= 4 is 5.69 Å². The number of rotatable bonds is 4. The molecule has 0 aliphatic heterocycles. The van der Waals surface area contributed by atoms with E-state index in [1.54, 1.807) is 12.1 Å². The Morgan fingerprint density at radius 1 is 1.16 bits per heavy atom. The zero-order chi connectivity index (χ0) is 13.8. The van der Waals surface area contributed by atoms with Crippen molar-refractivity contribution < 1.29 is 9.13 Å². The molecule has 0 amide bonds. The smallest absolute Gasteiger partial charge is 0.131 e. The Morgan fingerprint density at radius 2 is 1.89 bits per heavy atom. The molecule has 0 fully saturated rings. The molecule has 0 saturated carbocycles. The summed E-state index contributed by atoms with van der Waals surface area (Å²) < 4.78 is 19.4. The maximum atomic E-state index is 13.7. The summed E-state index contributed by atoms with van der Waals surface area (Å²) in [4.78, 5) is 0. The summed E-state index contributed by atoms with van der Waals surface area (Å²) in [5.74, 6) is 0.836. The van der Waals surface area contributed by atoms with Gasteiger partial charge in [-0.1, -0.05) is 38.1 Å². The van der Waals surface area contributed by atoms with E-state index in [4.69, 9.17) is 10.5 Å². The predicted octanol–water partition coefficient (Wildman–Crippen LogP) is 4.11. The van der Waals surface area contributed by atoms with E-state index in [0.29, 0.717) is 17.2 Å². The largest absolute Gasteiger partial charge is 0.489 e. The summed E-state index contributed by atoms with van der Waals surface area (Å²) in [6.45, 7) is 4.41. The first kappa shape index (κ1) is 13.4. The van der Waals surface area contributed by atoms with Crippen molar-refractivity contribution in [2.45, 2.75) is 26.4 Å². The number of para-hydroxylation sites is 1. The van der Waals surface area contributed by atoms with Crippen LogP contribution in [0.3, 0.4) is 0 Å². The zero-order valence-corrected chi connectivity index (χ0v) is 11.2. The molecule has 2 aromatic carbocycles. The van der Waals surface area contributed by atoms with Crippen molar-refractivity contribution in [3.05, 3.63) is 59.4 Å². The highest BCUT2D eigenvalue weighted by molar-refractivity contribution is 5.41. The summed E-state index contributed by atoms with van der Waals surface area (Å²) in [6, 6.07) is 12.5. The predicted molar refractivity (Wildman–Crippen MR) is 75.7 cm³/mol. The van der Waals surface area contributed by atoms with Crippen LogP contribution >= 0.6 is 0 Å². The molecule has 19 heavy (non-hydrogen) atoms. The van der Waals surface area contributed by atoms with Crippen LogP contribution in [0.15, 0.2) is 42.5 Å². The van der Waals surface area contributed by atoms with Gasteiger partial charge in [0.2, 0.25) is 0 Å². The van der Waals surface area contributed by atoms with Gasteiger partial charge in [-0.25, -0.2) is 4.39 Å². The summed E-state index contributed by atoms with van der Waals surface area (Å²) in [5.41, 5.74) is 7.57. The number of ether oxygens (including phenoxy) is 1. The lowest BCUT2D eigenvalue weighted by atomic mass is 10.0. The lowest BCUT2D eigenvalue weighted by Crippen LogP contribution is -2.02. The number of hydrogen-bond donors (Lipinski definition) is 1. The zero-order valence-electron chi connectivity index (χ0n) is 11.2. The summed E-state index contributed by atoms with van der Waals surface area (Å²) >= 11 is 0. The Bertz CT molecular complexity index is 566. The first-order valence-electron chi connectivity index (χ1n) is 6.33. The average Bonchev–Trinajstić information content (AvgIpc) is 2.38. The van der Waals surface area contributed by atoms with Gasteiger partial charge in [0, 0.05) is 11.3 Å². The molecule has 0 aliphatic carbocycles. The van der Waals surface area contributed by atoms with Crippen LogP contribution in [0.1, 0.15) is 30.9 Å². The van der Waals surface area contributed by atoms with Crippen LogP contribution in [-0.2, 0) is 6.61 Å². The first-order valence-corrected chi connectivity index (χ1v) is 6.33. The van der Waals surface area contributed by atoms with Crippen molar-refractivity contribution in [3.63, 3.8) is 0 Å². The molecule has 0 bridgehead atoms. The van der Waals surface area contributed by atoms with Crippen LogP contribution in [0.25, 0.3) is 0 Å². The molecule has 0 saturated heterocycles. The van der Waals surface area contributed by atoms with E-state index in [-0.39, 0.29) is 12.4 Å². The van der Waals surface area contributed by atoms with Crippen LogP contribution in [0, 0.1) is 5.82 Å². The summed E-state index contributed by atoms with van der Waals surface area (Å²) in [5, 5.41) is 0. The maximum absolute atomic E-state index is 13.7. The number of nitrogens with two attached hydrogens (primary N) is 1. The van der Waals surface area contributed by atoms with E-state index in [0.717, 1.165) is 11.3 Å². The highest BCUT2D eigenvalue weighted by Gasteiger charge is 2.08. The van der Waals surface area contributed by atoms with Crippen molar-refractivity contribution in [3.8, 4) is 5.75 Å². The van der Waals surface area contributed by atoms with Crippen LogP contribution in [0.5, 0.6) is 5.75 Å². The molecule has 0 spiro atoms. The minimum Gasteiger partial charge on any atom is -0.489 e. The maximum Gasteiger partial charge on any atom is 0.131 e. The lowest BCUT2D eigenvalue weighted by Gasteiger charge is -2.14. The van der Waals surface area contributed by atoms with E-state index in [1.807, 2.05) is 24.3 Å². The highest BCUT2D eigenvalue weighted by Crippen LogP contribution is 2.27. The standard InChI is InChI=1S/C16H18FNO/c1-11(2)14-5-3-4-6-16(14)19-10-12-7-8-13(18)9-15(12)17/h3-9,11H,10,18H2,1-2H3. The van der Waals surface area contributed by atoms with Gasteiger partial charge in [0.05, 0.1) is 0 Å². The van der Waals surface area contributed by atoms with Crippen molar-refractivity contribution in [2.24, 2.45) is 0 Å². The molecule has 2 N–H and O–H groups in total. The number of halogens is 1. The Balaban J connectivity index is 2.14. The average molecular weight is 259 g/mol. The number of nitrogen functional groups attached to an aromatic ring is 1. The quantitative estimate of drug-likeness (QED) is 0.839. The van der Waals surface area contributed by atoms with E-state index in [1.165, 1.54) is 6.07 Å². The third kappa shape index (κ3) is 3.25. The molecule has 0 unspecified atom stereocenters. The lowest BCUT2D eigenvalue weighted by molar-refractivity contribution is 0.295. The van der Waals surface area contributed by atoms with Gasteiger partial charge in [0.15, 0.2) is 0 Å². The number of benzene rings is 2. The van der Waals surface area contributed by atoms with Gasteiger partial charge in [-0.05, 0) is 29.7 Å². The van der Waals surface area contributed by atoms with E-state index in [9.17, 15) is 4.39 Å². The monoisotopic (exact) mass is 259 g/mol. The summed E-state index contributed by atoms with van der Waals surface area (Å²) in [6.07, 6.45) is 0. The van der Waals surface area contributed by atoms with Crippen LogP contribution in [0.2, 0.25) is 0 Å². The Morgan fingerprint density at radius 3 is 2.58 bits per heavy atom. The molecule has 2 rings (SSSR count). The SMILES string of the molecule is CC(C)c1ccccc1OCc1ccc(N)cc1F. The number of anilines is 1. The second-order valence-corrected chi connectivity index (χ2v) is 4.83. The summed E-state index contributed by atoms with van der Waals surface area (Å²) in [7, 11) is 0. The Labute approximate surface area is 113 Å². The Hall–Kier alpha value is -2.03. The second kappa shape index (κ2) is 5.74. The topological polar surface area (TPSA) is 35.2 Å². The van der Waals surface area contributed by atoms with E-state index < -0.39 is 0 Å². The van der Waals surface area contributed by atoms with Gasteiger partial charge in [0.25, 0.3) is 0 Å². The second-order valence-electron chi connectivity index (χ2n) is 4.83. The molecular weight excluding hydrogens is 241 g/mol. The third-order valence-electron chi connectivity index (χ3n) is 3.00. The van der Waals surface area contributed by atoms with Crippen LogP contribution in [-0.4, -0.2) is 0 Å². The molecule has 0 heterocycles. The molecule has 0 aromatic heterocycles. The van der Waals surface area contributed by atoms with E-state index >= 15 is 0 Å². The number of hydrogen-bond acceptors (Lipinski definition) is 2. The van der Waals surface area contributed by atoms with Gasteiger partial charge in [0.1, 0.15) is 18.2 Å². The third-order valence-corrected chi connectivity index (χ3v) is 3.00. The van der Waals surface area contributed by atoms with Crippen molar-refractivity contribution in [1.29, 1.82) is 0 Å². The fourth-order valence-corrected chi connectivity index (χ4v) is 1.93. The fraction of sp³-hybridized carbons (Fsp3) is 0.250. The molecular formula is C16H18FNO. The van der Waals surface area contributed by atoms with Gasteiger partial charge >= 0.3 is 0 Å². The molecule has 0 atom stereocenters. The molecule has 0 aliphatic rings. The van der Waals surface area contributed by atoms with Gasteiger partial charge in [-0.2, -0.15) is 0 Å². The van der Waals surface area contributed by atoms with E-state index in [2.05, 4.69) is 13.8 Å². The van der Waals surface area contributed by atoms with Gasteiger partial charge in [-0.15, -0.1) is 0 Å². The van der Waals surface area contributed by atoms with Crippen molar-refractivity contribution in [1.82, 2.24) is 0 Å². The minimum atomic E-state index is -0.331. The van der Waals surface area contributed by atoms with Gasteiger partial charge < -0.3 is 10.5 Å². The normalized spacial score (nSPS) is 10.7. The molecule has 2 aromatic rings. The minimum absolute atomic E-state index is 0.204. The molecule has 100 valence electrons. The van der Waals surface area contributed by atoms with Gasteiger partial charge in [-0.3, -0.25) is 0 Å². The van der Waals surface area contributed by atoms with Crippen LogP contribution in [0.4, 0.5) is 10.1 Å². The molecule has 3 heteroatoms. The highest BCUT2D eigenvalue weighted by atomic mass is 19.1. The van der Waals surface area contributed by atoms with Crippen LogP contribution < -0.4 is 10.5 Å². The fourth-order valence-electron chi connectivity index (χ4n) is 1.93. The molecule has 0 radical (unpaired) electrons.